The van der Waals surface area contributed by atoms with E-state index in [1.807, 2.05) is 39.8 Å². The summed E-state index contributed by atoms with van der Waals surface area (Å²) in [5.41, 5.74) is 3.94. The molecule has 1 N–H and O–H groups in total. The molecule has 3 rings (SSSR count). The lowest BCUT2D eigenvalue weighted by molar-refractivity contribution is -0.129. The largest absolute Gasteiger partial charge is 0.353 e. The summed E-state index contributed by atoms with van der Waals surface area (Å²) in [4.78, 5) is 37.7. The van der Waals surface area contributed by atoms with Crippen molar-refractivity contribution in [2.45, 2.75) is 65.3 Å². The minimum atomic E-state index is -0.695. The number of carbonyl (C=O) groups excluding carboxylic acids is 3. The molecule has 25 heavy (non-hydrogen) atoms. The van der Waals surface area contributed by atoms with E-state index in [9.17, 15) is 14.4 Å². The van der Waals surface area contributed by atoms with Gasteiger partial charge in [-0.05, 0) is 63.1 Å². The summed E-state index contributed by atoms with van der Waals surface area (Å²) in [7, 11) is 0. The first-order chi connectivity index (χ1) is 11.8. The molecule has 1 aromatic rings. The van der Waals surface area contributed by atoms with Gasteiger partial charge in [-0.3, -0.25) is 14.4 Å². The molecule has 0 aromatic heterocycles. The molecule has 3 unspecified atom stereocenters. The van der Waals surface area contributed by atoms with Gasteiger partial charge in [-0.2, -0.15) is 0 Å². The summed E-state index contributed by atoms with van der Waals surface area (Å²) >= 11 is 0. The highest BCUT2D eigenvalue weighted by Crippen LogP contribution is 2.37. The van der Waals surface area contributed by atoms with Gasteiger partial charge >= 0.3 is 0 Å². The topological polar surface area (TPSA) is 63.2 Å². The standard InChI is InChI=1S/C21H27NO3/c1-11-7-12(2)19(13(3)8-11)20-17(23)9-16(21(20)25)10-18(24)22-14(4)15-5-6-15/h7-8,14-16,20H,5-6,9-10H2,1-4H3,(H,22,24). The third kappa shape index (κ3) is 3.68. The van der Waals surface area contributed by atoms with E-state index >= 15 is 0 Å². The average molecular weight is 341 g/mol. The Morgan fingerprint density at radius 1 is 1.16 bits per heavy atom. The maximum Gasteiger partial charge on any atom is 0.220 e. The van der Waals surface area contributed by atoms with Crippen molar-refractivity contribution in [2.75, 3.05) is 0 Å². The summed E-state index contributed by atoms with van der Waals surface area (Å²) in [6.07, 6.45) is 2.64. The number of nitrogens with one attached hydrogen (secondary N) is 1. The summed E-state index contributed by atoms with van der Waals surface area (Å²) in [5, 5.41) is 2.99. The highest BCUT2D eigenvalue weighted by atomic mass is 16.2. The van der Waals surface area contributed by atoms with Gasteiger partial charge in [0.05, 0.1) is 0 Å². The van der Waals surface area contributed by atoms with Crippen LogP contribution in [0.3, 0.4) is 0 Å². The van der Waals surface area contributed by atoms with Crippen molar-refractivity contribution in [2.24, 2.45) is 11.8 Å². The molecule has 4 nitrogen and oxygen atoms in total. The van der Waals surface area contributed by atoms with E-state index in [1.165, 1.54) is 0 Å². The number of benzene rings is 1. The molecular weight excluding hydrogens is 314 g/mol. The van der Waals surface area contributed by atoms with Gasteiger partial charge in [0.2, 0.25) is 5.91 Å². The van der Waals surface area contributed by atoms with Crippen molar-refractivity contribution in [3.63, 3.8) is 0 Å². The normalized spacial score (nSPS) is 24.5. The van der Waals surface area contributed by atoms with Crippen LogP contribution >= 0.6 is 0 Å². The van der Waals surface area contributed by atoms with Gasteiger partial charge in [-0.1, -0.05) is 17.7 Å². The molecule has 0 spiro atoms. The van der Waals surface area contributed by atoms with Crippen molar-refractivity contribution >= 4 is 17.5 Å². The van der Waals surface area contributed by atoms with Gasteiger partial charge in [0.1, 0.15) is 11.7 Å². The number of amides is 1. The van der Waals surface area contributed by atoms with E-state index in [-0.39, 0.29) is 36.4 Å². The second-order valence-electron chi connectivity index (χ2n) is 7.91. The second kappa shape index (κ2) is 6.74. The molecule has 134 valence electrons. The van der Waals surface area contributed by atoms with Crippen LogP contribution in [0.5, 0.6) is 0 Å². The Labute approximate surface area is 149 Å². The van der Waals surface area contributed by atoms with Gasteiger partial charge < -0.3 is 5.32 Å². The predicted octanol–water partition coefficient (Wildman–Crippen LogP) is 3.16. The van der Waals surface area contributed by atoms with Crippen molar-refractivity contribution < 1.29 is 14.4 Å². The van der Waals surface area contributed by atoms with Crippen LogP contribution in [0.4, 0.5) is 0 Å². The number of hydrogen-bond donors (Lipinski definition) is 1. The zero-order chi connectivity index (χ0) is 18.3. The van der Waals surface area contributed by atoms with Crippen LogP contribution in [0.1, 0.15) is 60.8 Å². The molecule has 0 radical (unpaired) electrons. The predicted molar refractivity (Wildman–Crippen MR) is 96.5 cm³/mol. The monoisotopic (exact) mass is 341 g/mol. The molecule has 3 atom stereocenters. The van der Waals surface area contributed by atoms with E-state index in [1.54, 1.807) is 0 Å². The molecule has 1 aromatic carbocycles. The molecule has 0 aliphatic heterocycles. The fraction of sp³-hybridized carbons (Fsp3) is 0.571. The van der Waals surface area contributed by atoms with E-state index in [0.29, 0.717) is 5.92 Å². The summed E-state index contributed by atoms with van der Waals surface area (Å²) < 4.78 is 0. The Morgan fingerprint density at radius 3 is 2.32 bits per heavy atom. The first kappa shape index (κ1) is 17.8. The molecule has 4 heteroatoms. The smallest absolute Gasteiger partial charge is 0.220 e. The fourth-order valence-corrected chi connectivity index (χ4v) is 4.23. The Kier molecular flexibility index (Phi) is 4.81. The maximum atomic E-state index is 12.9. The Balaban J connectivity index is 1.73. The van der Waals surface area contributed by atoms with Crippen molar-refractivity contribution in [3.05, 3.63) is 34.4 Å². The lowest BCUT2D eigenvalue weighted by Gasteiger charge is -2.17. The third-order valence-corrected chi connectivity index (χ3v) is 5.63. The molecule has 0 heterocycles. The number of carbonyl (C=O) groups is 3. The van der Waals surface area contributed by atoms with E-state index in [2.05, 4.69) is 5.32 Å². The molecule has 0 saturated heterocycles. The van der Waals surface area contributed by atoms with Crippen LogP contribution in [-0.2, 0) is 14.4 Å². The first-order valence-corrected chi connectivity index (χ1v) is 9.21. The Morgan fingerprint density at radius 2 is 1.76 bits per heavy atom. The van der Waals surface area contributed by atoms with Gasteiger partial charge in [0.15, 0.2) is 5.78 Å². The molecule has 1 amide bonds. The Hall–Kier alpha value is -1.97. The summed E-state index contributed by atoms with van der Waals surface area (Å²) in [5.74, 6) is -0.843. The highest BCUT2D eigenvalue weighted by Gasteiger charge is 2.44. The zero-order valence-corrected chi connectivity index (χ0v) is 15.5. The highest BCUT2D eigenvalue weighted by molar-refractivity contribution is 6.15. The van der Waals surface area contributed by atoms with Crippen LogP contribution in [0.2, 0.25) is 0 Å². The molecule has 0 bridgehead atoms. The molecule has 2 aliphatic carbocycles. The van der Waals surface area contributed by atoms with Crippen LogP contribution in [-0.4, -0.2) is 23.5 Å². The molecule has 2 aliphatic rings. The van der Waals surface area contributed by atoms with Crippen molar-refractivity contribution in [1.29, 1.82) is 0 Å². The SMILES string of the molecule is Cc1cc(C)c(C2C(=O)CC(CC(=O)NC(C)C3CC3)C2=O)c(C)c1. The third-order valence-electron chi connectivity index (χ3n) is 5.63. The lowest BCUT2D eigenvalue weighted by Crippen LogP contribution is -2.35. The number of Topliss-reactive ketones (excluding diaryl/α,β-unsaturated/α-hetero) is 2. The molecule has 2 saturated carbocycles. The summed E-state index contributed by atoms with van der Waals surface area (Å²) in [6.45, 7) is 7.93. The van der Waals surface area contributed by atoms with Crippen molar-refractivity contribution in [3.8, 4) is 0 Å². The van der Waals surface area contributed by atoms with E-state index in [4.69, 9.17) is 0 Å². The average Bonchev–Trinajstić information content (AvgIpc) is 3.30. The number of rotatable bonds is 5. The summed E-state index contributed by atoms with van der Waals surface area (Å²) in [6, 6.07) is 4.19. The molecule has 2 fully saturated rings. The number of ketones is 2. The van der Waals surface area contributed by atoms with Gasteiger partial charge in [-0.15, -0.1) is 0 Å². The maximum absolute atomic E-state index is 12.9. The quantitative estimate of drug-likeness (QED) is 0.837. The van der Waals surface area contributed by atoms with Crippen LogP contribution in [0.25, 0.3) is 0 Å². The fourth-order valence-electron chi connectivity index (χ4n) is 4.23. The molecular formula is C21H27NO3. The second-order valence-corrected chi connectivity index (χ2v) is 7.91. The number of aryl methyl sites for hydroxylation is 3. The first-order valence-electron chi connectivity index (χ1n) is 9.21. The number of hydrogen-bond acceptors (Lipinski definition) is 3. The zero-order valence-electron chi connectivity index (χ0n) is 15.5. The lowest BCUT2D eigenvalue weighted by atomic mass is 9.86. The minimum absolute atomic E-state index is 0.0481. The van der Waals surface area contributed by atoms with Gasteiger partial charge in [-0.25, -0.2) is 0 Å². The van der Waals surface area contributed by atoms with Gasteiger partial charge in [0, 0.05) is 24.8 Å². The van der Waals surface area contributed by atoms with Gasteiger partial charge in [0.25, 0.3) is 0 Å². The van der Waals surface area contributed by atoms with Crippen LogP contribution in [0.15, 0.2) is 12.1 Å². The van der Waals surface area contributed by atoms with E-state index < -0.39 is 11.8 Å². The van der Waals surface area contributed by atoms with Crippen LogP contribution in [0, 0.1) is 32.6 Å². The minimum Gasteiger partial charge on any atom is -0.353 e. The van der Waals surface area contributed by atoms with Crippen molar-refractivity contribution in [1.82, 2.24) is 5.32 Å². The Bertz CT molecular complexity index is 710. The van der Waals surface area contributed by atoms with Crippen LogP contribution < -0.4 is 5.32 Å². The van der Waals surface area contributed by atoms with E-state index in [0.717, 1.165) is 35.1 Å².